The number of thiocarbonyl (C=S) groups is 1. The van der Waals surface area contributed by atoms with E-state index in [1.165, 1.54) is 7.11 Å². The number of ether oxygens (including phenoxy) is 1. The average Bonchev–Trinajstić information content (AvgIpc) is 2.79. The molecule has 0 aliphatic carbocycles. The summed E-state index contributed by atoms with van der Waals surface area (Å²) in [6.45, 7) is 3.92. The molecule has 0 bridgehead atoms. The second kappa shape index (κ2) is 14.8. The number of rotatable bonds is 14. The number of carbonyl (C=O) groups excluding carboxylic acids is 3. The van der Waals surface area contributed by atoms with E-state index < -0.39 is 18.1 Å². The van der Waals surface area contributed by atoms with Crippen LogP contribution in [0.4, 0.5) is 0 Å². The SMILES string of the molecule is CCC(C)C(NC(=S)C(CCSC)NC=O)C(=O)NC(Cc1ccccc1)C(=O)OC. The molecule has 0 radical (unpaired) electrons. The third-order valence-corrected chi connectivity index (χ3v) is 6.12. The van der Waals surface area contributed by atoms with Crippen molar-refractivity contribution in [3.63, 3.8) is 0 Å². The van der Waals surface area contributed by atoms with Crippen molar-refractivity contribution in [1.29, 1.82) is 0 Å². The summed E-state index contributed by atoms with van der Waals surface area (Å²) in [4.78, 5) is 36.9. The van der Waals surface area contributed by atoms with Gasteiger partial charge in [-0.3, -0.25) is 9.59 Å². The van der Waals surface area contributed by atoms with Crippen molar-refractivity contribution >= 4 is 47.3 Å². The van der Waals surface area contributed by atoms with Crippen molar-refractivity contribution in [2.75, 3.05) is 19.1 Å². The van der Waals surface area contributed by atoms with Gasteiger partial charge in [-0.05, 0) is 29.9 Å². The van der Waals surface area contributed by atoms with E-state index in [1.54, 1.807) is 11.8 Å². The zero-order valence-electron chi connectivity index (χ0n) is 18.6. The van der Waals surface area contributed by atoms with Crippen LogP contribution in [0.1, 0.15) is 32.3 Å². The molecular weight excluding hydrogens is 434 g/mol. The Bertz CT molecular complexity index is 718. The van der Waals surface area contributed by atoms with E-state index in [9.17, 15) is 14.4 Å². The fraction of sp³-hybridized carbons (Fsp3) is 0.545. The van der Waals surface area contributed by atoms with Gasteiger partial charge in [0.25, 0.3) is 0 Å². The van der Waals surface area contributed by atoms with E-state index in [0.29, 0.717) is 24.2 Å². The Labute approximate surface area is 194 Å². The number of hydrogen-bond donors (Lipinski definition) is 3. The van der Waals surface area contributed by atoms with E-state index in [-0.39, 0.29) is 17.9 Å². The molecule has 0 saturated carbocycles. The van der Waals surface area contributed by atoms with Gasteiger partial charge in [-0.15, -0.1) is 0 Å². The van der Waals surface area contributed by atoms with E-state index in [0.717, 1.165) is 17.7 Å². The van der Waals surface area contributed by atoms with Crippen LogP contribution >= 0.6 is 24.0 Å². The first-order valence-corrected chi connectivity index (χ1v) is 12.1. The van der Waals surface area contributed by atoms with Crippen molar-refractivity contribution in [2.45, 2.75) is 51.2 Å². The predicted octanol–water partition coefficient (Wildman–Crippen LogP) is 2.09. The minimum absolute atomic E-state index is 0.0506. The summed E-state index contributed by atoms with van der Waals surface area (Å²) in [5.74, 6) is -0.0824. The highest BCUT2D eigenvalue weighted by Gasteiger charge is 2.31. The molecule has 3 N–H and O–H groups in total. The summed E-state index contributed by atoms with van der Waals surface area (Å²) >= 11 is 7.15. The third-order valence-electron chi connectivity index (χ3n) is 5.07. The number of nitrogens with one attached hydrogen (secondary N) is 3. The summed E-state index contributed by atoms with van der Waals surface area (Å²) in [7, 11) is 1.30. The molecule has 1 aromatic carbocycles. The van der Waals surface area contributed by atoms with Crippen LogP contribution in [0.25, 0.3) is 0 Å². The van der Waals surface area contributed by atoms with Gasteiger partial charge in [-0.1, -0.05) is 62.8 Å². The van der Waals surface area contributed by atoms with Crippen molar-refractivity contribution in [3.05, 3.63) is 35.9 Å². The molecule has 0 spiro atoms. The molecule has 0 heterocycles. The summed E-state index contributed by atoms with van der Waals surface area (Å²) in [5.41, 5.74) is 0.911. The Hall–Kier alpha value is -2.13. The van der Waals surface area contributed by atoms with Gasteiger partial charge in [0.15, 0.2) is 0 Å². The summed E-state index contributed by atoms with van der Waals surface area (Å²) in [6, 6.07) is 7.60. The van der Waals surface area contributed by atoms with Gasteiger partial charge in [-0.2, -0.15) is 11.8 Å². The molecule has 0 aromatic heterocycles. The zero-order valence-corrected chi connectivity index (χ0v) is 20.2. The topological polar surface area (TPSA) is 96.5 Å². The van der Waals surface area contributed by atoms with Crippen LogP contribution in [-0.4, -0.2) is 60.5 Å². The molecule has 172 valence electrons. The first-order valence-electron chi connectivity index (χ1n) is 10.3. The lowest BCUT2D eigenvalue weighted by Crippen LogP contribution is -2.57. The molecule has 4 atom stereocenters. The number of thioether (sulfide) groups is 1. The molecule has 2 amide bonds. The Morgan fingerprint density at radius 1 is 1.19 bits per heavy atom. The van der Waals surface area contributed by atoms with Crippen LogP contribution in [0, 0.1) is 5.92 Å². The maximum atomic E-state index is 13.2. The maximum Gasteiger partial charge on any atom is 0.328 e. The third kappa shape index (κ3) is 9.26. The molecule has 7 nitrogen and oxygen atoms in total. The second-order valence-corrected chi connectivity index (χ2v) is 8.69. The first-order chi connectivity index (χ1) is 14.9. The van der Waals surface area contributed by atoms with Gasteiger partial charge in [0.1, 0.15) is 12.1 Å². The van der Waals surface area contributed by atoms with Crippen molar-refractivity contribution in [2.24, 2.45) is 5.92 Å². The van der Waals surface area contributed by atoms with Crippen LogP contribution in [0.5, 0.6) is 0 Å². The van der Waals surface area contributed by atoms with E-state index in [1.807, 2.05) is 50.4 Å². The quantitative estimate of drug-likeness (QED) is 0.219. The Morgan fingerprint density at radius 3 is 2.42 bits per heavy atom. The number of amides is 2. The summed E-state index contributed by atoms with van der Waals surface area (Å²) in [6.07, 6.45) is 4.29. The lowest BCUT2D eigenvalue weighted by Gasteiger charge is -2.29. The zero-order chi connectivity index (χ0) is 23.2. The predicted molar refractivity (Wildman–Crippen MR) is 129 cm³/mol. The molecule has 1 aromatic rings. The highest BCUT2D eigenvalue weighted by molar-refractivity contribution is 7.98. The lowest BCUT2D eigenvalue weighted by atomic mass is 9.97. The largest absolute Gasteiger partial charge is 0.467 e. The van der Waals surface area contributed by atoms with Crippen LogP contribution in [0.15, 0.2) is 30.3 Å². The number of carbonyl (C=O) groups is 3. The van der Waals surface area contributed by atoms with Gasteiger partial charge in [0.2, 0.25) is 12.3 Å². The van der Waals surface area contributed by atoms with E-state index >= 15 is 0 Å². The van der Waals surface area contributed by atoms with Gasteiger partial charge in [0, 0.05) is 6.42 Å². The van der Waals surface area contributed by atoms with Crippen LogP contribution in [0.2, 0.25) is 0 Å². The summed E-state index contributed by atoms with van der Waals surface area (Å²) in [5, 5.41) is 8.66. The van der Waals surface area contributed by atoms with Crippen LogP contribution < -0.4 is 16.0 Å². The number of benzene rings is 1. The second-order valence-electron chi connectivity index (χ2n) is 7.26. The van der Waals surface area contributed by atoms with Crippen LogP contribution in [-0.2, 0) is 25.5 Å². The standard InChI is InChI=1S/C22H33N3O4S2/c1-5-15(2)19(25-21(30)17(23-14-26)11-12-31-4)20(27)24-18(22(28)29-3)13-16-9-7-6-8-10-16/h6-10,14-15,17-19H,5,11-13H2,1-4H3,(H,23,26)(H,24,27)(H,25,30). The Morgan fingerprint density at radius 2 is 1.87 bits per heavy atom. The first kappa shape index (κ1) is 26.9. The molecule has 0 fully saturated rings. The lowest BCUT2D eigenvalue weighted by molar-refractivity contribution is -0.145. The molecule has 9 heteroatoms. The van der Waals surface area contributed by atoms with E-state index in [4.69, 9.17) is 17.0 Å². The fourth-order valence-corrected chi connectivity index (χ4v) is 3.79. The minimum atomic E-state index is -0.817. The van der Waals surface area contributed by atoms with Gasteiger partial charge in [-0.25, -0.2) is 4.79 Å². The highest BCUT2D eigenvalue weighted by Crippen LogP contribution is 2.12. The average molecular weight is 468 g/mol. The van der Waals surface area contributed by atoms with Gasteiger partial charge in [0.05, 0.1) is 18.1 Å². The number of esters is 1. The van der Waals surface area contributed by atoms with E-state index in [2.05, 4.69) is 16.0 Å². The molecule has 0 aliphatic rings. The summed E-state index contributed by atoms with van der Waals surface area (Å²) < 4.78 is 4.90. The monoisotopic (exact) mass is 467 g/mol. The Balaban J connectivity index is 2.96. The van der Waals surface area contributed by atoms with Gasteiger partial charge < -0.3 is 20.7 Å². The maximum absolute atomic E-state index is 13.2. The van der Waals surface area contributed by atoms with Crippen molar-refractivity contribution in [1.82, 2.24) is 16.0 Å². The number of methoxy groups -OCH3 is 1. The fourth-order valence-electron chi connectivity index (χ4n) is 3.01. The molecular formula is C22H33N3O4S2. The normalized spacial score (nSPS) is 14.5. The van der Waals surface area contributed by atoms with Crippen LogP contribution in [0.3, 0.4) is 0 Å². The minimum Gasteiger partial charge on any atom is -0.467 e. The molecule has 1 rings (SSSR count). The smallest absolute Gasteiger partial charge is 0.328 e. The van der Waals surface area contributed by atoms with Crippen molar-refractivity contribution < 1.29 is 19.1 Å². The number of hydrogen-bond acceptors (Lipinski definition) is 6. The molecule has 4 unspecified atom stereocenters. The molecule has 0 aliphatic heterocycles. The van der Waals surface area contributed by atoms with Gasteiger partial charge >= 0.3 is 5.97 Å². The Kier molecular flexibility index (Phi) is 12.8. The molecule has 31 heavy (non-hydrogen) atoms. The highest BCUT2D eigenvalue weighted by atomic mass is 32.2. The van der Waals surface area contributed by atoms with Crippen molar-refractivity contribution in [3.8, 4) is 0 Å². The molecule has 0 saturated heterocycles.